The average molecular weight is 134 g/mol. The van der Waals surface area contributed by atoms with Gasteiger partial charge in [-0.2, -0.15) is 0 Å². The van der Waals surface area contributed by atoms with E-state index >= 15 is 0 Å². The molecule has 9 heavy (non-hydrogen) atoms. The van der Waals surface area contributed by atoms with E-state index < -0.39 is 6.29 Å². The van der Waals surface area contributed by atoms with Crippen molar-refractivity contribution in [2.24, 2.45) is 0 Å². The highest BCUT2D eigenvalue weighted by Gasteiger charge is 2.23. The molecule has 2 atom stereocenters. The molecule has 0 radical (unpaired) electrons. The van der Waals surface area contributed by atoms with Gasteiger partial charge in [0, 0.05) is 0 Å². The van der Waals surface area contributed by atoms with Crippen LogP contribution in [0.25, 0.3) is 0 Å². The third-order valence-corrected chi connectivity index (χ3v) is 1.16. The van der Waals surface area contributed by atoms with E-state index in [1.807, 2.05) is 0 Å². The van der Waals surface area contributed by atoms with Gasteiger partial charge in [0.1, 0.15) is 6.10 Å². The molecule has 1 rings (SSSR count). The van der Waals surface area contributed by atoms with Crippen molar-refractivity contribution in [1.82, 2.24) is 0 Å². The van der Waals surface area contributed by atoms with Crippen LogP contribution in [0, 0.1) is 0 Å². The summed E-state index contributed by atoms with van der Waals surface area (Å²) in [4.78, 5) is 0. The molecule has 0 spiro atoms. The zero-order valence-electron chi connectivity index (χ0n) is 4.99. The van der Waals surface area contributed by atoms with Gasteiger partial charge in [-0.25, -0.2) is 0 Å². The van der Waals surface area contributed by atoms with Gasteiger partial charge in [-0.05, 0) is 0 Å². The summed E-state index contributed by atoms with van der Waals surface area (Å²) in [7, 11) is 0. The van der Waals surface area contributed by atoms with Gasteiger partial charge in [-0.1, -0.05) is 0 Å². The number of hydrogen-bond acceptors (Lipinski definition) is 4. The Morgan fingerprint density at radius 3 is 2.44 bits per heavy atom. The molecule has 0 amide bonds. The van der Waals surface area contributed by atoms with Crippen molar-refractivity contribution in [1.29, 1.82) is 0 Å². The summed E-state index contributed by atoms with van der Waals surface area (Å²) in [6, 6.07) is 0. The topological polar surface area (TPSA) is 58.9 Å². The molecule has 2 N–H and O–H groups in total. The third-order valence-electron chi connectivity index (χ3n) is 1.16. The Hall–Kier alpha value is -0.160. The molecule has 0 aromatic carbocycles. The van der Waals surface area contributed by atoms with Gasteiger partial charge in [-0.15, -0.1) is 0 Å². The molecule has 4 nitrogen and oxygen atoms in total. The first-order valence-electron chi connectivity index (χ1n) is 2.85. The van der Waals surface area contributed by atoms with E-state index in [2.05, 4.69) is 0 Å². The third kappa shape index (κ3) is 1.62. The number of aliphatic hydroxyl groups is 2. The Balaban J connectivity index is 2.20. The van der Waals surface area contributed by atoms with Crippen LogP contribution in [-0.4, -0.2) is 42.4 Å². The minimum atomic E-state index is -0.526. The van der Waals surface area contributed by atoms with Crippen LogP contribution in [0.4, 0.5) is 0 Å². The predicted octanol–water partition coefficient (Wildman–Crippen LogP) is -1.29. The minimum absolute atomic E-state index is 0.0451. The molecule has 4 heteroatoms. The molecule has 0 aliphatic carbocycles. The zero-order chi connectivity index (χ0) is 6.69. The molecule has 0 bridgehead atoms. The highest BCUT2D eigenvalue weighted by Crippen LogP contribution is 2.09. The highest BCUT2D eigenvalue weighted by molar-refractivity contribution is 4.62. The second kappa shape index (κ2) is 3.12. The number of hydrogen-bond donors (Lipinski definition) is 2. The Kier molecular flexibility index (Phi) is 2.41. The van der Waals surface area contributed by atoms with Crippen LogP contribution >= 0.6 is 0 Å². The molecular weight excluding hydrogens is 124 g/mol. The molecule has 0 saturated carbocycles. The van der Waals surface area contributed by atoms with Crippen LogP contribution in [0.2, 0.25) is 0 Å². The van der Waals surface area contributed by atoms with Crippen LogP contribution in [-0.2, 0) is 9.47 Å². The van der Waals surface area contributed by atoms with Gasteiger partial charge in [0.05, 0.1) is 19.8 Å². The molecule has 0 aromatic rings. The van der Waals surface area contributed by atoms with Crippen molar-refractivity contribution in [3.63, 3.8) is 0 Å². The fourth-order valence-electron chi connectivity index (χ4n) is 0.699. The first-order valence-corrected chi connectivity index (χ1v) is 2.85. The first kappa shape index (κ1) is 6.95. The van der Waals surface area contributed by atoms with Gasteiger partial charge >= 0.3 is 0 Å². The monoisotopic (exact) mass is 134 g/mol. The maximum absolute atomic E-state index is 8.49. The standard InChI is InChI=1S/C5H10O4/c6-1-4-3-8-5(2-7)9-4/h4-7H,1-3H2. The smallest absolute Gasteiger partial charge is 0.181 e. The second-order valence-corrected chi connectivity index (χ2v) is 1.89. The summed E-state index contributed by atoms with van der Waals surface area (Å²) in [6.07, 6.45) is -0.774. The number of rotatable bonds is 2. The maximum atomic E-state index is 8.49. The molecule has 54 valence electrons. The van der Waals surface area contributed by atoms with Crippen LogP contribution in [0.15, 0.2) is 0 Å². The van der Waals surface area contributed by atoms with Crippen molar-refractivity contribution in [3.8, 4) is 0 Å². The first-order chi connectivity index (χ1) is 4.36. The lowest BCUT2D eigenvalue weighted by atomic mass is 10.4. The lowest BCUT2D eigenvalue weighted by Crippen LogP contribution is -2.18. The Morgan fingerprint density at radius 2 is 2.11 bits per heavy atom. The van der Waals surface area contributed by atoms with E-state index in [0.717, 1.165) is 0 Å². The summed E-state index contributed by atoms with van der Waals surface area (Å²) in [5.74, 6) is 0. The Bertz CT molecular complexity index is 75.0. The van der Waals surface area contributed by atoms with Gasteiger partial charge < -0.3 is 19.7 Å². The average Bonchev–Trinajstić information content (AvgIpc) is 2.34. The van der Waals surface area contributed by atoms with Crippen molar-refractivity contribution in [2.45, 2.75) is 12.4 Å². The quantitative estimate of drug-likeness (QED) is 0.493. The van der Waals surface area contributed by atoms with E-state index in [4.69, 9.17) is 19.7 Å². The Labute approximate surface area is 53.0 Å². The molecule has 1 heterocycles. The molecule has 1 fully saturated rings. The molecular formula is C5H10O4. The predicted molar refractivity (Wildman–Crippen MR) is 28.8 cm³/mol. The van der Waals surface area contributed by atoms with Gasteiger partial charge in [-0.3, -0.25) is 0 Å². The largest absolute Gasteiger partial charge is 0.394 e. The molecule has 1 aliphatic heterocycles. The fraction of sp³-hybridized carbons (Fsp3) is 1.00. The molecule has 1 saturated heterocycles. The molecule has 0 aromatic heterocycles. The normalized spacial score (nSPS) is 35.3. The van der Waals surface area contributed by atoms with Crippen LogP contribution < -0.4 is 0 Å². The lowest BCUT2D eigenvalue weighted by molar-refractivity contribution is -0.0928. The summed E-state index contributed by atoms with van der Waals surface area (Å²) < 4.78 is 9.81. The van der Waals surface area contributed by atoms with Crippen molar-refractivity contribution in [2.75, 3.05) is 19.8 Å². The molecule has 1 aliphatic rings. The van der Waals surface area contributed by atoms with E-state index in [-0.39, 0.29) is 19.3 Å². The minimum Gasteiger partial charge on any atom is -0.394 e. The van der Waals surface area contributed by atoms with Crippen molar-refractivity contribution < 1.29 is 19.7 Å². The molecule has 2 unspecified atom stereocenters. The summed E-state index contributed by atoms with van der Waals surface area (Å²) in [5.41, 5.74) is 0. The fourth-order valence-corrected chi connectivity index (χ4v) is 0.699. The summed E-state index contributed by atoms with van der Waals surface area (Å²) >= 11 is 0. The van der Waals surface area contributed by atoms with Gasteiger partial charge in [0.25, 0.3) is 0 Å². The van der Waals surface area contributed by atoms with Gasteiger partial charge in [0.2, 0.25) is 0 Å². The SMILES string of the molecule is OCC1COC(CO)O1. The van der Waals surface area contributed by atoms with E-state index in [1.165, 1.54) is 0 Å². The zero-order valence-corrected chi connectivity index (χ0v) is 4.99. The van der Waals surface area contributed by atoms with Crippen LogP contribution in [0.5, 0.6) is 0 Å². The second-order valence-electron chi connectivity index (χ2n) is 1.89. The van der Waals surface area contributed by atoms with Crippen LogP contribution in [0.1, 0.15) is 0 Å². The van der Waals surface area contributed by atoms with E-state index in [0.29, 0.717) is 6.61 Å². The van der Waals surface area contributed by atoms with Gasteiger partial charge in [0.15, 0.2) is 6.29 Å². The number of aliphatic hydroxyl groups excluding tert-OH is 2. The highest BCUT2D eigenvalue weighted by atomic mass is 16.7. The number of ether oxygens (including phenoxy) is 2. The van der Waals surface area contributed by atoms with Crippen molar-refractivity contribution in [3.05, 3.63) is 0 Å². The van der Waals surface area contributed by atoms with Crippen LogP contribution in [0.3, 0.4) is 0 Å². The summed E-state index contributed by atoms with van der Waals surface area (Å²) in [5, 5.41) is 16.9. The summed E-state index contributed by atoms with van der Waals surface area (Å²) in [6.45, 7) is 0.189. The van der Waals surface area contributed by atoms with E-state index in [1.54, 1.807) is 0 Å². The van der Waals surface area contributed by atoms with Crippen molar-refractivity contribution >= 4 is 0 Å². The van der Waals surface area contributed by atoms with E-state index in [9.17, 15) is 0 Å². The Morgan fingerprint density at radius 1 is 1.33 bits per heavy atom. The lowest BCUT2D eigenvalue weighted by Gasteiger charge is -2.04. The maximum Gasteiger partial charge on any atom is 0.181 e.